The van der Waals surface area contributed by atoms with E-state index in [9.17, 15) is 9.59 Å². The standard InChI is InChI=1S/C20H28N2O4/c1-19(2,3)17(23)25-15-8-7-11-21-16(15)14-9-12-22(13-10-14)18(24)26-20(4,5)6/h7-9,11H,10,12-13H2,1-6H3. The Balaban J connectivity index is 2.13. The summed E-state index contributed by atoms with van der Waals surface area (Å²) in [5.41, 5.74) is 0.494. The molecule has 0 atom stereocenters. The minimum absolute atomic E-state index is 0.307. The summed E-state index contributed by atoms with van der Waals surface area (Å²) < 4.78 is 11.0. The SMILES string of the molecule is CC(C)(C)OC(=O)N1CC=C(c2ncccc2OC(=O)C(C)(C)C)CC1. The highest BCUT2D eigenvalue weighted by atomic mass is 16.6. The van der Waals surface area contributed by atoms with Gasteiger partial charge in [0.25, 0.3) is 0 Å². The fourth-order valence-corrected chi connectivity index (χ4v) is 2.34. The second kappa shape index (κ2) is 7.48. The van der Waals surface area contributed by atoms with Crippen molar-refractivity contribution in [2.24, 2.45) is 5.41 Å². The first-order valence-electron chi connectivity index (χ1n) is 8.82. The minimum Gasteiger partial charge on any atom is -0.444 e. The van der Waals surface area contributed by atoms with E-state index in [1.165, 1.54) is 0 Å². The molecule has 0 saturated heterocycles. The van der Waals surface area contributed by atoms with Crippen molar-refractivity contribution in [3.05, 3.63) is 30.1 Å². The molecule has 1 aromatic rings. The summed E-state index contributed by atoms with van der Waals surface area (Å²) >= 11 is 0. The van der Waals surface area contributed by atoms with E-state index in [0.29, 0.717) is 31.0 Å². The van der Waals surface area contributed by atoms with Crippen molar-refractivity contribution in [1.82, 2.24) is 9.88 Å². The molecule has 0 N–H and O–H groups in total. The maximum absolute atomic E-state index is 12.2. The molecule has 0 bridgehead atoms. The van der Waals surface area contributed by atoms with Crippen molar-refractivity contribution in [3.8, 4) is 5.75 Å². The van der Waals surface area contributed by atoms with Gasteiger partial charge >= 0.3 is 12.1 Å². The molecule has 0 spiro atoms. The van der Waals surface area contributed by atoms with Crippen LogP contribution in [0.1, 0.15) is 53.7 Å². The van der Waals surface area contributed by atoms with Gasteiger partial charge in [0.1, 0.15) is 11.3 Å². The minimum atomic E-state index is -0.596. The van der Waals surface area contributed by atoms with Crippen molar-refractivity contribution in [2.75, 3.05) is 13.1 Å². The van der Waals surface area contributed by atoms with Gasteiger partial charge in [-0.3, -0.25) is 9.78 Å². The highest BCUT2D eigenvalue weighted by Gasteiger charge is 2.27. The van der Waals surface area contributed by atoms with Crippen LogP contribution in [0.25, 0.3) is 5.57 Å². The van der Waals surface area contributed by atoms with Crippen LogP contribution in [0.5, 0.6) is 5.75 Å². The lowest BCUT2D eigenvalue weighted by Crippen LogP contribution is -2.39. The molecular weight excluding hydrogens is 332 g/mol. The molecule has 0 aromatic carbocycles. The van der Waals surface area contributed by atoms with Gasteiger partial charge in [-0.05, 0) is 65.7 Å². The molecule has 26 heavy (non-hydrogen) atoms. The van der Waals surface area contributed by atoms with Crippen molar-refractivity contribution in [3.63, 3.8) is 0 Å². The molecule has 6 heteroatoms. The molecular formula is C20H28N2O4. The van der Waals surface area contributed by atoms with Crippen LogP contribution >= 0.6 is 0 Å². The number of pyridine rings is 1. The van der Waals surface area contributed by atoms with Crippen LogP contribution in [0, 0.1) is 5.41 Å². The van der Waals surface area contributed by atoms with E-state index in [4.69, 9.17) is 9.47 Å². The van der Waals surface area contributed by atoms with Crippen molar-refractivity contribution in [2.45, 2.75) is 53.6 Å². The van der Waals surface area contributed by atoms with Gasteiger partial charge in [0.15, 0.2) is 5.75 Å². The second-order valence-electron chi connectivity index (χ2n) is 8.40. The summed E-state index contributed by atoms with van der Waals surface area (Å²) in [5, 5.41) is 0. The molecule has 0 unspecified atom stereocenters. The number of nitrogens with zero attached hydrogens (tertiary/aromatic N) is 2. The van der Waals surface area contributed by atoms with Gasteiger partial charge in [-0.1, -0.05) is 6.08 Å². The fraction of sp³-hybridized carbons (Fsp3) is 0.550. The molecule has 1 aliphatic heterocycles. The summed E-state index contributed by atoms with van der Waals surface area (Å²) in [4.78, 5) is 30.4. The van der Waals surface area contributed by atoms with Crippen LogP contribution < -0.4 is 4.74 Å². The van der Waals surface area contributed by atoms with Crippen molar-refractivity contribution < 1.29 is 19.1 Å². The number of carbonyl (C=O) groups excluding carboxylic acids is 2. The third-order valence-electron chi connectivity index (χ3n) is 3.75. The monoisotopic (exact) mass is 360 g/mol. The molecule has 142 valence electrons. The number of esters is 1. The van der Waals surface area contributed by atoms with E-state index in [1.54, 1.807) is 23.2 Å². The van der Waals surface area contributed by atoms with E-state index >= 15 is 0 Å². The first kappa shape index (κ1) is 19.9. The summed E-state index contributed by atoms with van der Waals surface area (Å²) in [7, 11) is 0. The van der Waals surface area contributed by atoms with E-state index < -0.39 is 11.0 Å². The average Bonchev–Trinajstić information content (AvgIpc) is 2.53. The van der Waals surface area contributed by atoms with Gasteiger partial charge < -0.3 is 14.4 Å². The molecule has 2 rings (SSSR count). The molecule has 0 aliphatic carbocycles. The molecule has 0 saturated carbocycles. The van der Waals surface area contributed by atoms with Gasteiger partial charge in [0.05, 0.1) is 5.41 Å². The van der Waals surface area contributed by atoms with Gasteiger partial charge in [-0.2, -0.15) is 0 Å². The lowest BCUT2D eigenvalue weighted by atomic mass is 9.97. The molecule has 0 radical (unpaired) electrons. The molecule has 6 nitrogen and oxygen atoms in total. The smallest absolute Gasteiger partial charge is 0.410 e. The quantitative estimate of drug-likeness (QED) is 0.744. The topological polar surface area (TPSA) is 68.7 Å². The number of rotatable bonds is 2. The molecule has 1 aromatic heterocycles. The average molecular weight is 360 g/mol. The first-order valence-corrected chi connectivity index (χ1v) is 8.82. The summed E-state index contributed by atoms with van der Waals surface area (Å²) in [5.74, 6) is 0.142. The maximum atomic E-state index is 12.2. The Morgan fingerprint density at radius 2 is 1.85 bits per heavy atom. The van der Waals surface area contributed by atoms with E-state index in [0.717, 1.165) is 5.57 Å². The van der Waals surface area contributed by atoms with Gasteiger partial charge in [0.2, 0.25) is 0 Å². The summed E-state index contributed by atoms with van der Waals surface area (Å²) in [6.45, 7) is 11.9. The largest absolute Gasteiger partial charge is 0.444 e. The number of carbonyl (C=O) groups is 2. The van der Waals surface area contributed by atoms with Gasteiger partial charge in [-0.25, -0.2) is 4.79 Å². The van der Waals surface area contributed by atoms with Crippen LogP contribution in [0.4, 0.5) is 4.79 Å². The number of hydrogen-bond donors (Lipinski definition) is 0. The first-order chi connectivity index (χ1) is 12.0. The van der Waals surface area contributed by atoms with Crippen LogP contribution in [0.3, 0.4) is 0 Å². The Bertz CT molecular complexity index is 711. The zero-order chi connectivity index (χ0) is 19.5. The Morgan fingerprint density at radius 3 is 2.38 bits per heavy atom. The zero-order valence-corrected chi connectivity index (χ0v) is 16.5. The van der Waals surface area contributed by atoms with Crippen LogP contribution in [-0.2, 0) is 9.53 Å². The van der Waals surface area contributed by atoms with Gasteiger partial charge in [-0.15, -0.1) is 0 Å². The third-order valence-corrected chi connectivity index (χ3v) is 3.75. The predicted octanol–water partition coefficient (Wildman–Crippen LogP) is 4.06. The Hall–Kier alpha value is -2.37. The fourth-order valence-electron chi connectivity index (χ4n) is 2.34. The lowest BCUT2D eigenvalue weighted by Gasteiger charge is -2.29. The highest BCUT2D eigenvalue weighted by molar-refractivity contribution is 5.80. The third kappa shape index (κ3) is 5.31. The Morgan fingerprint density at radius 1 is 1.15 bits per heavy atom. The number of aromatic nitrogens is 1. The second-order valence-corrected chi connectivity index (χ2v) is 8.40. The van der Waals surface area contributed by atoms with E-state index in [-0.39, 0.29) is 12.1 Å². The van der Waals surface area contributed by atoms with Gasteiger partial charge in [0, 0.05) is 19.3 Å². The summed E-state index contributed by atoms with van der Waals surface area (Å²) in [6, 6.07) is 3.48. The summed E-state index contributed by atoms with van der Waals surface area (Å²) in [6.07, 6.45) is 3.90. The normalized spacial score (nSPS) is 15.3. The molecule has 1 amide bonds. The van der Waals surface area contributed by atoms with Crippen molar-refractivity contribution >= 4 is 17.6 Å². The molecule has 2 heterocycles. The number of ether oxygens (including phenoxy) is 2. The number of amides is 1. The Labute approximate surface area is 155 Å². The predicted molar refractivity (Wildman–Crippen MR) is 99.7 cm³/mol. The maximum Gasteiger partial charge on any atom is 0.410 e. The highest BCUT2D eigenvalue weighted by Crippen LogP contribution is 2.30. The molecule has 0 fully saturated rings. The molecule has 1 aliphatic rings. The lowest BCUT2D eigenvalue weighted by molar-refractivity contribution is -0.143. The van der Waals surface area contributed by atoms with E-state index in [2.05, 4.69) is 4.98 Å². The Kier molecular flexibility index (Phi) is 5.74. The van der Waals surface area contributed by atoms with Crippen molar-refractivity contribution in [1.29, 1.82) is 0 Å². The van der Waals surface area contributed by atoms with E-state index in [1.807, 2.05) is 47.6 Å². The number of hydrogen-bond acceptors (Lipinski definition) is 5. The van der Waals surface area contributed by atoms with Crippen LogP contribution in [-0.4, -0.2) is 40.6 Å². The zero-order valence-electron chi connectivity index (χ0n) is 16.5. The van der Waals surface area contributed by atoms with Crippen LogP contribution in [0.15, 0.2) is 24.4 Å². The van der Waals surface area contributed by atoms with Crippen LogP contribution in [0.2, 0.25) is 0 Å².